The van der Waals surface area contributed by atoms with E-state index in [1.807, 2.05) is 42.5 Å². The third-order valence-corrected chi connectivity index (χ3v) is 5.67. The molecule has 0 aliphatic carbocycles. The summed E-state index contributed by atoms with van der Waals surface area (Å²) >= 11 is 1.58. The quantitative estimate of drug-likeness (QED) is 0.783. The fourth-order valence-corrected chi connectivity index (χ4v) is 3.98. The maximum Gasteiger partial charge on any atom is 0.251 e. The summed E-state index contributed by atoms with van der Waals surface area (Å²) in [5, 5.41) is 7.41. The van der Waals surface area contributed by atoms with E-state index in [1.54, 1.807) is 25.1 Å². The number of rotatable bonds is 7. The lowest BCUT2D eigenvalue weighted by molar-refractivity contribution is 0.0511. The summed E-state index contributed by atoms with van der Waals surface area (Å²) in [7, 11) is 1.73. The molecule has 5 nitrogen and oxygen atoms in total. The van der Waals surface area contributed by atoms with E-state index in [4.69, 9.17) is 4.74 Å². The maximum atomic E-state index is 12.5. The lowest BCUT2D eigenvalue weighted by Gasteiger charge is -2.37. The van der Waals surface area contributed by atoms with E-state index in [0.717, 1.165) is 35.9 Å². The van der Waals surface area contributed by atoms with Crippen LogP contribution in [0, 0.1) is 5.41 Å². The molecule has 0 saturated carbocycles. The van der Waals surface area contributed by atoms with Crippen LogP contribution in [0.25, 0.3) is 0 Å². The zero-order chi connectivity index (χ0) is 18.2. The second-order valence-electron chi connectivity index (χ2n) is 6.66. The minimum absolute atomic E-state index is 0.0322. The Balaban J connectivity index is 1.57. The van der Waals surface area contributed by atoms with E-state index >= 15 is 0 Å². The predicted molar refractivity (Wildman–Crippen MR) is 104 cm³/mol. The van der Waals surface area contributed by atoms with Crippen LogP contribution < -0.4 is 10.6 Å². The number of pyridine rings is 1. The molecule has 2 heterocycles. The summed E-state index contributed by atoms with van der Waals surface area (Å²) in [5.41, 5.74) is 0.710. The van der Waals surface area contributed by atoms with Gasteiger partial charge >= 0.3 is 0 Å². The van der Waals surface area contributed by atoms with Gasteiger partial charge in [-0.05, 0) is 62.3 Å². The molecule has 6 heteroatoms. The van der Waals surface area contributed by atoms with E-state index < -0.39 is 0 Å². The first-order valence-corrected chi connectivity index (χ1v) is 9.69. The molecule has 3 rings (SSSR count). The van der Waals surface area contributed by atoms with Crippen molar-refractivity contribution in [1.29, 1.82) is 0 Å². The number of nitrogens with one attached hydrogen (secondary N) is 2. The Labute approximate surface area is 158 Å². The van der Waals surface area contributed by atoms with Crippen molar-refractivity contribution in [3.63, 3.8) is 0 Å². The van der Waals surface area contributed by atoms with Crippen LogP contribution in [0.5, 0.6) is 0 Å². The third kappa shape index (κ3) is 5.06. The van der Waals surface area contributed by atoms with Crippen molar-refractivity contribution in [2.75, 3.05) is 33.4 Å². The van der Waals surface area contributed by atoms with Crippen molar-refractivity contribution in [3.8, 4) is 0 Å². The summed E-state index contributed by atoms with van der Waals surface area (Å²) < 4.78 is 5.41. The topological polar surface area (TPSA) is 63.2 Å². The van der Waals surface area contributed by atoms with Crippen LogP contribution in [0.2, 0.25) is 0 Å². The van der Waals surface area contributed by atoms with Crippen molar-refractivity contribution < 1.29 is 9.53 Å². The number of nitrogens with zero attached hydrogens (tertiary/aromatic N) is 1. The normalized spacial score (nSPS) is 16.2. The molecular weight excluding hydrogens is 346 g/mol. The first-order chi connectivity index (χ1) is 12.7. The number of carbonyl (C=O) groups is 1. The molecule has 1 aliphatic rings. The highest BCUT2D eigenvalue weighted by molar-refractivity contribution is 7.99. The molecule has 1 fully saturated rings. The van der Waals surface area contributed by atoms with Crippen LogP contribution in [0.1, 0.15) is 23.2 Å². The summed E-state index contributed by atoms with van der Waals surface area (Å²) in [6, 6.07) is 13.5. The average molecular weight is 372 g/mol. The first kappa shape index (κ1) is 18.9. The predicted octanol–water partition coefficient (Wildman–Crippen LogP) is 2.98. The molecule has 0 radical (unpaired) electrons. The van der Waals surface area contributed by atoms with Crippen molar-refractivity contribution in [1.82, 2.24) is 15.6 Å². The van der Waals surface area contributed by atoms with Crippen molar-refractivity contribution in [2.45, 2.75) is 22.8 Å². The average Bonchev–Trinajstić information content (AvgIpc) is 2.69. The third-order valence-electron chi connectivity index (χ3n) is 4.72. The second kappa shape index (κ2) is 9.16. The molecular formula is C20H25N3O2S. The van der Waals surface area contributed by atoms with Gasteiger partial charge in [-0.25, -0.2) is 4.98 Å². The van der Waals surface area contributed by atoms with Crippen molar-refractivity contribution in [3.05, 3.63) is 54.2 Å². The molecule has 1 saturated heterocycles. The summed E-state index contributed by atoms with van der Waals surface area (Å²) in [4.78, 5) is 17.9. The fraction of sp³-hybridized carbons (Fsp3) is 0.400. The zero-order valence-electron chi connectivity index (χ0n) is 15.0. The van der Waals surface area contributed by atoms with Gasteiger partial charge in [0.1, 0.15) is 5.03 Å². The molecule has 1 amide bonds. The molecule has 1 aromatic carbocycles. The Morgan fingerprint density at radius 2 is 2.00 bits per heavy atom. The Hall–Kier alpha value is -1.89. The Kier molecular flexibility index (Phi) is 6.66. The molecule has 2 N–H and O–H groups in total. The highest BCUT2D eigenvalue weighted by atomic mass is 32.2. The molecule has 0 atom stereocenters. The fourth-order valence-electron chi connectivity index (χ4n) is 3.21. The van der Waals surface area contributed by atoms with E-state index in [0.29, 0.717) is 18.7 Å². The van der Waals surface area contributed by atoms with Crippen LogP contribution in [0.3, 0.4) is 0 Å². The SMILES string of the molecule is COCC1(CNC(=O)c2ccc(Sc3ccccn3)cc2)CCNCC1. The Morgan fingerprint density at radius 1 is 1.23 bits per heavy atom. The molecule has 0 spiro atoms. The minimum atomic E-state index is -0.0339. The van der Waals surface area contributed by atoms with E-state index in [9.17, 15) is 4.79 Å². The van der Waals surface area contributed by atoms with E-state index in [-0.39, 0.29) is 11.3 Å². The molecule has 0 bridgehead atoms. The number of amides is 1. The monoisotopic (exact) mass is 371 g/mol. The van der Waals surface area contributed by atoms with Gasteiger partial charge in [0.15, 0.2) is 0 Å². The molecule has 1 aromatic heterocycles. The molecule has 138 valence electrons. The van der Waals surface area contributed by atoms with Gasteiger partial charge in [0.2, 0.25) is 0 Å². The standard InChI is InChI=1S/C20H25N3O2S/c1-25-15-20(9-12-21-13-10-20)14-23-19(24)16-5-7-17(8-6-16)26-18-4-2-3-11-22-18/h2-8,11,21H,9-10,12-15H2,1H3,(H,23,24). The van der Waals surface area contributed by atoms with Crippen LogP contribution in [-0.4, -0.2) is 44.2 Å². The second-order valence-corrected chi connectivity index (χ2v) is 7.75. The highest BCUT2D eigenvalue weighted by Gasteiger charge is 2.32. The molecule has 26 heavy (non-hydrogen) atoms. The number of carbonyl (C=O) groups excluding carboxylic acids is 1. The van der Waals surface area contributed by atoms with Gasteiger partial charge < -0.3 is 15.4 Å². The summed E-state index contributed by atoms with van der Waals surface area (Å²) in [5.74, 6) is -0.0339. The van der Waals surface area contributed by atoms with Gasteiger partial charge in [0.25, 0.3) is 5.91 Å². The number of ether oxygens (including phenoxy) is 1. The first-order valence-electron chi connectivity index (χ1n) is 8.88. The van der Waals surface area contributed by atoms with Crippen LogP contribution in [-0.2, 0) is 4.74 Å². The van der Waals surface area contributed by atoms with Crippen LogP contribution in [0.15, 0.2) is 58.6 Å². The van der Waals surface area contributed by atoms with Gasteiger partial charge in [-0.15, -0.1) is 0 Å². The summed E-state index contributed by atoms with van der Waals surface area (Å²) in [6.07, 6.45) is 3.81. The van der Waals surface area contributed by atoms with Gasteiger partial charge in [0.05, 0.1) is 6.61 Å². The zero-order valence-corrected chi connectivity index (χ0v) is 15.8. The van der Waals surface area contributed by atoms with Gasteiger partial charge in [0, 0.05) is 35.7 Å². The largest absolute Gasteiger partial charge is 0.384 e. The Morgan fingerprint density at radius 3 is 2.65 bits per heavy atom. The van der Waals surface area contributed by atoms with Gasteiger partial charge in [-0.2, -0.15) is 0 Å². The number of hydrogen-bond donors (Lipinski definition) is 2. The smallest absolute Gasteiger partial charge is 0.251 e. The lowest BCUT2D eigenvalue weighted by atomic mass is 9.79. The molecule has 2 aromatic rings. The number of piperidine rings is 1. The van der Waals surface area contributed by atoms with Crippen molar-refractivity contribution in [2.24, 2.45) is 5.41 Å². The van der Waals surface area contributed by atoms with Gasteiger partial charge in [-0.3, -0.25) is 4.79 Å². The minimum Gasteiger partial charge on any atom is -0.384 e. The Bertz CT molecular complexity index is 695. The molecule has 1 aliphatic heterocycles. The van der Waals surface area contributed by atoms with Crippen LogP contribution >= 0.6 is 11.8 Å². The van der Waals surface area contributed by atoms with E-state index in [2.05, 4.69) is 15.6 Å². The van der Waals surface area contributed by atoms with Crippen LogP contribution in [0.4, 0.5) is 0 Å². The lowest BCUT2D eigenvalue weighted by Crippen LogP contribution is -2.47. The summed E-state index contributed by atoms with van der Waals surface area (Å²) in [6.45, 7) is 3.26. The van der Waals surface area contributed by atoms with Crippen molar-refractivity contribution >= 4 is 17.7 Å². The number of aromatic nitrogens is 1. The number of hydrogen-bond acceptors (Lipinski definition) is 5. The molecule has 0 unspecified atom stereocenters. The maximum absolute atomic E-state index is 12.5. The van der Waals surface area contributed by atoms with Gasteiger partial charge in [-0.1, -0.05) is 17.8 Å². The number of benzene rings is 1. The van der Waals surface area contributed by atoms with E-state index in [1.165, 1.54) is 0 Å². The highest BCUT2D eigenvalue weighted by Crippen LogP contribution is 2.29. The number of methoxy groups -OCH3 is 1.